The molecule has 6 atom stereocenters. The lowest BCUT2D eigenvalue weighted by Gasteiger charge is -2.59. The second kappa shape index (κ2) is 6.94. The van der Waals surface area contributed by atoms with Crippen LogP contribution < -0.4 is 0 Å². The minimum absolute atomic E-state index is 0.0299. The molecule has 158 valence electrons. The molecule has 0 unspecified atom stereocenters. The number of terminal acetylenes is 1. The molecule has 0 aromatic heterocycles. The number of carbonyl (C=O) groups excluding carboxylic acids is 1. The van der Waals surface area contributed by atoms with E-state index >= 15 is 0 Å². The van der Waals surface area contributed by atoms with E-state index in [0.29, 0.717) is 31.0 Å². The van der Waals surface area contributed by atoms with E-state index in [0.717, 1.165) is 57.8 Å². The minimum atomic E-state index is -0.411. The lowest BCUT2D eigenvalue weighted by Crippen LogP contribution is -2.53. The Morgan fingerprint density at radius 3 is 2.72 bits per heavy atom. The number of aliphatic hydroxyl groups excluding tert-OH is 1. The van der Waals surface area contributed by atoms with Gasteiger partial charge in [-0.2, -0.15) is 0 Å². The average Bonchev–Trinajstić information content (AvgIpc) is 3.32. The molecule has 5 aliphatic rings. The summed E-state index contributed by atoms with van der Waals surface area (Å²) in [6.45, 7) is 3.40. The Balaban J connectivity index is 1.47. The van der Waals surface area contributed by atoms with Crippen molar-refractivity contribution in [1.82, 2.24) is 0 Å². The van der Waals surface area contributed by atoms with Crippen molar-refractivity contribution in [2.24, 2.45) is 34.5 Å². The largest absolute Gasteiger partial charge is 0.389 e. The highest BCUT2D eigenvalue weighted by molar-refractivity contribution is 5.83. The molecule has 0 aromatic carbocycles. The topological polar surface area (TPSA) is 55.8 Å². The van der Waals surface area contributed by atoms with Gasteiger partial charge < -0.3 is 14.6 Å². The SMILES string of the molecule is C#CC[C@]12CCC3(CC1=CC[C@@H]1[C@@H]2CC[C@]2(C)[C@@H](C(=O)CO)CC[C@@H]12)OCCO3. The van der Waals surface area contributed by atoms with Gasteiger partial charge in [0, 0.05) is 30.6 Å². The summed E-state index contributed by atoms with van der Waals surface area (Å²) < 4.78 is 12.1. The molecule has 0 amide bonds. The molecule has 29 heavy (non-hydrogen) atoms. The molecule has 1 spiro atoms. The Kier molecular flexibility index (Phi) is 4.74. The zero-order chi connectivity index (χ0) is 20.3. The normalized spacial score (nSPS) is 45.1. The van der Waals surface area contributed by atoms with Gasteiger partial charge >= 0.3 is 0 Å². The van der Waals surface area contributed by atoms with E-state index in [2.05, 4.69) is 18.9 Å². The zero-order valence-corrected chi connectivity index (χ0v) is 17.6. The van der Waals surface area contributed by atoms with Gasteiger partial charge in [-0.1, -0.05) is 18.6 Å². The van der Waals surface area contributed by atoms with Crippen molar-refractivity contribution >= 4 is 5.78 Å². The van der Waals surface area contributed by atoms with Gasteiger partial charge in [-0.15, -0.1) is 12.3 Å². The van der Waals surface area contributed by atoms with E-state index in [1.54, 1.807) is 0 Å². The molecule has 4 aliphatic carbocycles. The molecule has 4 fully saturated rings. The van der Waals surface area contributed by atoms with Crippen molar-refractivity contribution in [2.45, 2.75) is 70.5 Å². The summed E-state index contributed by atoms with van der Waals surface area (Å²) >= 11 is 0. The van der Waals surface area contributed by atoms with Crippen LogP contribution in [0.1, 0.15) is 64.7 Å². The van der Waals surface area contributed by atoms with Crippen molar-refractivity contribution in [1.29, 1.82) is 0 Å². The molecule has 5 rings (SSSR count). The molecular formula is C25H34O4. The van der Waals surface area contributed by atoms with Crippen LogP contribution >= 0.6 is 0 Å². The molecule has 0 radical (unpaired) electrons. The number of aliphatic hydroxyl groups is 1. The highest BCUT2D eigenvalue weighted by atomic mass is 16.7. The van der Waals surface area contributed by atoms with Crippen molar-refractivity contribution < 1.29 is 19.4 Å². The summed E-state index contributed by atoms with van der Waals surface area (Å²) in [6.07, 6.45) is 17.4. The lowest BCUT2D eigenvalue weighted by molar-refractivity contribution is -0.186. The van der Waals surface area contributed by atoms with E-state index < -0.39 is 5.79 Å². The fraction of sp³-hybridized carbons (Fsp3) is 0.800. The first kappa shape index (κ1) is 19.8. The van der Waals surface area contributed by atoms with Gasteiger partial charge in [0.25, 0.3) is 0 Å². The van der Waals surface area contributed by atoms with Crippen molar-refractivity contribution in [3.63, 3.8) is 0 Å². The third-order valence-electron chi connectivity index (χ3n) is 9.61. The van der Waals surface area contributed by atoms with Crippen LogP contribution in [0, 0.1) is 46.8 Å². The summed E-state index contributed by atoms with van der Waals surface area (Å²) in [4.78, 5) is 12.5. The molecule has 0 aromatic rings. The molecule has 0 bridgehead atoms. The first-order chi connectivity index (χ1) is 14.0. The molecule has 1 N–H and O–H groups in total. The highest BCUT2D eigenvalue weighted by Crippen LogP contribution is 2.68. The zero-order valence-electron chi connectivity index (χ0n) is 17.6. The predicted molar refractivity (Wildman–Crippen MR) is 110 cm³/mol. The van der Waals surface area contributed by atoms with Crippen molar-refractivity contribution in [3.05, 3.63) is 11.6 Å². The van der Waals surface area contributed by atoms with Gasteiger partial charge in [-0.05, 0) is 61.7 Å². The van der Waals surface area contributed by atoms with Crippen molar-refractivity contribution in [2.75, 3.05) is 19.8 Å². The van der Waals surface area contributed by atoms with E-state index in [1.807, 2.05) is 0 Å². The number of allylic oxidation sites excluding steroid dienone is 1. The van der Waals surface area contributed by atoms with E-state index in [9.17, 15) is 9.90 Å². The van der Waals surface area contributed by atoms with Crippen LogP contribution in [0.4, 0.5) is 0 Å². The Morgan fingerprint density at radius 2 is 2.00 bits per heavy atom. The maximum absolute atomic E-state index is 12.5. The molecule has 1 saturated heterocycles. The summed E-state index contributed by atoms with van der Waals surface area (Å²) in [5, 5.41) is 9.49. The maximum atomic E-state index is 12.5. The number of ketones is 1. The van der Waals surface area contributed by atoms with Crippen LogP contribution in [0.3, 0.4) is 0 Å². The van der Waals surface area contributed by atoms with Gasteiger partial charge in [0.1, 0.15) is 6.61 Å². The van der Waals surface area contributed by atoms with Gasteiger partial charge in [0.15, 0.2) is 11.6 Å². The smallest absolute Gasteiger partial charge is 0.172 e. The van der Waals surface area contributed by atoms with E-state index in [4.69, 9.17) is 15.9 Å². The summed E-state index contributed by atoms with van der Waals surface area (Å²) in [6, 6.07) is 0. The second-order valence-electron chi connectivity index (χ2n) is 10.5. The maximum Gasteiger partial charge on any atom is 0.172 e. The lowest BCUT2D eigenvalue weighted by atomic mass is 9.46. The van der Waals surface area contributed by atoms with Gasteiger partial charge in [0.05, 0.1) is 13.2 Å². The Bertz CT molecular complexity index is 757. The number of rotatable bonds is 3. The molecule has 1 heterocycles. The van der Waals surface area contributed by atoms with Crippen LogP contribution in [0.15, 0.2) is 11.6 Å². The van der Waals surface area contributed by atoms with Crippen LogP contribution in [-0.2, 0) is 14.3 Å². The van der Waals surface area contributed by atoms with Crippen LogP contribution in [0.5, 0.6) is 0 Å². The molecular weight excluding hydrogens is 364 g/mol. The quantitative estimate of drug-likeness (QED) is 0.579. The predicted octanol–water partition coefficient (Wildman–Crippen LogP) is 3.87. The Labute approximate surface area is 174 Å². The van der Waals surface area contributed by atoms with Gasteiger partial charge in [-0.25, -0.2) is 0 Å². The fourth-order valence-corrected chi connectivity index (χ4v) is 8.31. The average molecular weight is 399 g/mol. The van der Waals surface area contributed by atoms with Crippen LogP contribution in [0.25, 0.3) is 0 Å². The number of hydrogen-bond donors (Lipinski definition) is 1. The fourth-order valence-electron chi connectivity index (χ4n) is 8.31. The number of hydrogen-bond acceptors (Lipinski definition) is 4. The number of carbonyl (C=O) groups is 1. The standard InChI is InChI=1S/C25H34O4/c1-3-9-24-11-12-25(28-13-14-29-25)15-17(24)4-5-18-19-6-7-21(22(27)16-26)23(19,2)10-8-20(18)24/h1,4,18-21,26H,5-16H2,2H3/t18-,19-,20-,21+,23-,24-/m0/s1. The summed E-state index contributed by atoms with van der Waals surface area (Å²) in [5.41, 5.74) is 1.60. The minimum Gasteiger partial charge on any atom is -0.389 e. The number of ether oxygens (including phenoxy) is 2. The third-order valence-corrected chi connectivity index (χ3v) is 9.61. The molecule has 4 heteroatoms. The van der Waals surface area contributed by atoms with Gasteiger partial charge in [-0.3, -0.25) is 4.79 Å². The van der Waals surface area contributed by atoms with Crippen LogP contribution in [-0.4, -0.2) is 36.5 Å². The Hall–Kier alpha value is -1.15. The van der Waals surface area contributed by atoms with Crippen molar-refractivity contribution in [3.8, 4) is 12.3 Å². The highest BCUT2D eigenvalue weighted by Gasteiger charge is 2.62. The first-order valence-corrected chi connectivity index (χ1v) is 11.5. The van der Waals surface area contributed by atoms with Gasteiger partial charge in [0.2, 0.25) is 0 Å². The van der Waals surface area contributed by atoms with Crippen LogP contribution in [0.2, 0.25) is 0 Å². The first-order valence-electron chi connectivity index (χ1n) is 11.5. The number of fused-ring (bicyclic) bond motifs is 5. The third kappa shape index (κ3) is 2.74. The molecule has 3 saturated carbocycles. The molecule has 4 nitrogen and oxygen atoms in total. The summed E-state index contributed by atoms with van der Waals surface area (Å²) in [5.74, 6) is 4.46. The monoisotopic (exact) mass is 398 g/mol. The van der Waals surface area contributed by atoms with E-state index in [-0.39, 0.29) is 29.1 Å². The second-order valence-corrected chi connectivity index (χ2v) is 10.5. The Morgan fingerprint density at radius 1 is 1.21 bits per heavy atom. The molecule has 1 aliphatic heterocycles. The van der Waals surface area contributed by atoms with E-state index in [1.165, 1.54) is 5.57 Å². The summed E-state index contributed by atoms with van der Waals surface area (Å²) in [7, 11) is 0. The number of Topliss-reactive ketones (excluding diaryl/α,β-unsaturated/α-hetero) is 1.